The lowest BCUT2D eigenvalue weighted by atomic mass is 10.00. The normalized spacial score (nSPS) is 13.8. The van der Waals surface area contributed by atoms with Crippen molar-refractivity contribution in [2.24, 2.45) is 0 Å². The first-order chi connectivity index (χ1) is 31.5. The molecular formula is C58H115NO5. The highest BCUT2D eigenvalue weighted by Crippen LogP contribution is 2.18. The lowest BCUT2D eigenvalue weighted by Crippen LogP contribution is -2.53. The highest BCUT2D eigenvalue weighted by molar-refractivity contribution is 5.80. The van der Waals surface area contributed by atoms with Crippen molar-refractivity contribution < 1.29 is 25.2 Å². The SMILES string of the molecule is CCCCCCCCCCCCCCCCCCCCCCCCCCC/C=C/CCCC(O)C(O)C(CO)NC(=O)C(O)CCCCCCCCCCCCCCCCCCCC. The van der Waals surface area contributed by atoms with Crippen molar-refractivity contribution in [3.05, 3.63) is 12.2 Å². The minimum absolute atomic E-state index is 0.368. The second kappa shape index (κ2) is 53.0. The number of rotatable bonds is 54. The molecule has 6 nitrogen and oxygen atoms in total. The average Bonchev–Trinajstić information content (AvgIpc) is 3.30. The van der Waals surface area contributed by atoms with Crippen molar-refractivity contribution in [3.8, 4) is 0 Å². The van der Waals surface area contributed by atoms with Crippen LogP contribution in [0.15, 0.2) is 12.2 Å². The molecule has 0 saturated heterocycles. The Morgan fingerprint density at radius 2 is 0.641 bits per heavy atom. The fourth-order valence-electron chi connectivity index (χ4n) is 9.41. The van der Waals surface area contributed by atoms with Gasteiger partial charge in [0.05, 0.1) is 18.8 Å². The van der Waals surface area contributed by atoms with Gasteiger partial charge in [-0.1, -0.05) is 296 Å². The first kappa shape index (κ1) is 63.0. The van der Waals surface area contributed by atoms with Crippen LogP contribution in [0.2, 0.25) is 0 Å². The second-order valence-corrected chi connectivity index (χ2v) is 20.3. The summed E-state index contributed by atoms with van der Waals surface area (Å²) >= 11 is 0. The number of carbonyl (C=O) groups is 1. The first-order valence-electron chi connectivity index (χ1n) is 29.1. The number of nitrogens with one attached hydrogen (secondary N) is 1. The summed E-state index contributed by atoms with van der Waals surface area (Å²) < 4.78 is 0. The minimum Gasteiger partial charge on any atom is -0.394 e. The molecule has 6 heteroatoms. The van der Waals surface area contributed by atoms with Gasteiger partial charge in [-0.25, -0.2) is 0 Å². The summed E-state index contributed by atoms with van der Waals surface area (Å²) in [5.41, 5.74) is 0. The van der Waals surface area contributed by atoms with Crippen LogP contribution in [-0.4, -0.2) is 57.3 Å². The van der Waals surface area contributed by atoms with Crippen LogP contribution in [-0.2, 0) is 4.79 Å². The first-order valence-corrected chi connectivity index (χ1v) is 29.1. The molecule has 0 fully saturated rings. The molecule has 0 radical (unpaired) electrons. The van der Waals surface area contributed by atoms with E-state index in [1.54, 1.807) is 0 Å². The minimum atomic E-state index is -1.28. The number of hydrogen-bond donors (Lipinski definition) is 5. The molecule has 4 atom stereocenters. The smallest absolute Gasteiger partial charge is 0.249 e. The third kappa shape index (κ3) is 46.2. The lowest BCUT2D eigenvalue weighted by molar-refractivity contribution is -0.132. The average molecular weight is 907 g/mol. The van der Waals surface area contributed by atoms with Crippen LogP contribution in [0.25, 0.3) is 0 Å². The molecule has 0 aliphatic carbocycles. The fraction of sp³-hybridized carbons (Fsp3) is 0.948. The van der Waals surface area contributed by atoms with Crippen molar-refractivity contribution in [2.75, 3.05) is 6.61 Å². The van der Waals surface area contributed by atoms with Gasteiger partial charge in [-0.3, -0.25) is 4.79 Å². The molecule has 0 aromatic rings. The molecule has 0 spiro atoms. The molecule has 0 rings (SSSR count). The van der Waals surface area contributed by atoms with E-state index in [-0.39, 0.29) is 0 Å². The van der Waals surface area contributed by atoms with Gasteiger partial charge in [0.25, 0.3) is 0 Å². The van der Waals surface area contributed by atoms with Crippen LogP contribution in [0.3, 0.4) is 0 Å². The highest BCUT2D eigenvalue weighted by atomic mass is 16.3. The molecule has 382 valence electrons. The van der Waals surface area contributed by atoms with E-state index in [1.165, 1.54) is 257 Å². The predicted octanol–water partition coefficient (Wildman–Crippen LogP) is 16.9. The molecule has 0 heterocycles. The fourth-order valence-corrected chi connectivity index (χ4v) is 9.41. The van der Waals surface area contributed by atoms with Crippen molar-refractivity contribution in [1.82, 2.24) is 5.32 Å². The number of aliphatic hydroxyl groups is 4. The Hall–Kier alpha value is -0.950. The highest BCUT2D eigenvalue weighted by Gasteiger charge is 2.28. The van der Waals surface area contributed by atoms with Gasteiger partial charge < -0.3 is 25.7 Å². The maximum absolute atomic E-state index is 12.6. The van der Waals surface area contributed by atoms with Gasteiger partial charge in [0.2, 0.25) is 5.91 Å². The standard InChI is InChI=1S/C58H115NO5/c1-3-5-7-9-11-13-15-17-19-21-23-24-25-26-27-28-29-30-31-32-33-34-36-37-39-41-43-45-47-49-51-55(61)57(63)54(53-60)59-58(64)56(62)52-50-48-46-44-42-40-38-35-22-20-18-16-14-12-10-8-6-4-2/h43,45,54-57,60-63H,3-42,44,46-53H2,1-2H3,(H,59,64)/b45-43+. The molecule has 4 unspecified atom stereocenters. The summed E-state index contributed by atoms with van der Waals surface area (Å²) in [6.07, 6.45) is 63.0. The molecule has 64 heavy (non-hydrogen) atoms. The van der Waals surface area contributed by atoms with E-state index < -0.39 is 36.9 Å². The van der Waals surface area contributed by atoms with E-state index in [9.17, 15) is 25.2 Å². The van der Waals surface area contributed by atoms with Crippen molar-refractivity contribution in [1.29, 1.82) is 0 Å². The zero-order valence-corrected chi connectivity index (χ0v) is 43.3. The van der Waals surface area contributed by atoms with Crippen LogP contribution in [0.5, 0.6) is 0 Å². The summed E-state index contributed by atoms with van der Waals surface area (Å²) in [6.45, 7) is 4.08. The largest absolute Gasteiger partial charge is 0.394 e. The van der Waals surface area contributed by atoms with E-state index in [0.29, 0.717) is 12.8 Å². The van der Waals surface area contributed by atoms with Gasteiger partial charge in [0, 0.05) is 0 Å². The molecule has 0 bridgehead atoms. The summed E-state index contributed by atoms with van der Waals surface area (Å²) in [4.78, 5) is 12.6. The molecule has 5 N–H and O–H groups in total. The van der Waals surface area contributed by atoms with Gasteiger partial charge >= 0.3 is 0 Å². The maximum atomic E-state index is 12.6. The summed E-state index contributed by atoms with van der Waals surface area (Å²) in [7, 11) is 0. The summed E-state index contributed by atoms with van der Waals surface area (Å²) in [5, 5.41) is 44.0. The Morgan fingerprint density at radius 3 is 0.938 bits per heavy atom. The van der Waals surface area contributed by atoms with Gasteiger partial charge in [-0.15, -0.1) is 0 Å². The number of allylic oxidation sites excluding steroid dienone is 2. The Balaban J connectivity index is 3.59. The van der Waals surface area contributed by atoms with Gasteiger partial charge in [0.15, 0.2) is 0 Å². The zero-order chi connectivity index (χ0) is 46.7. The number of carbonyl (C=O) groups excluding carboxylic acids is 1. The van der Waals surface area contributed by atoms with Crippen LogP contribution in [0.1, 0.15) is 322 Å². The molecule has 0 aliphatic rings. The zero-order valence-electron chi connectivity index (χ0n) is 43.3. The topological polar surface area (TPSA) is 110 Å². The third-order valence-corrected chi connectivity index (χ3v) is 14.0. The Kier molecular flexibility index (Phi) is 52.2. The predicted molar refractivity (Wildman–Crippen MR) is 279 cm³/mol. The Morgan fingerprint density at radius 1 is 0.375 bits per heavy atom. The second-order valence-electron chi connectivity index (χ2n) is 20.3. The molecule has 0 aromatic carbocycles. The lowest BCUT2D eigenvalue weighted by Gasteiger charge is -2.27. The van der Waals surface area contributed by atoms with Crippen LogP contribution >= 0.6 is 0 Å². The Bertz CT molecular complexity index is 928. The van der Waals surface area contributed by atoms with Crippen LogP contribution in [0.4, 0.5) is 0 Å². The van der Waals surface area contributed by atoms with Crippen molar-refractivity contribution in [2.45, 2.75) is 346 Å². The van der Waals surface area contributed by atoms with Gasteiger partial charge in [0.1, 0.15) is 12.2 Å². The van der Waals surface area contributed by atoms with Gasteiger partial charge in [-0.05, 0) is 38.5 Å². The van der Waals surface area contributed by atoms with Crippen LogP contribution in [0, 0.1) is 0 Å². The summed E-state index contributed by atoms with van der Waals surface area (Å²) in [6, 6.07) is -0.999. The molecule has 1 amide bonds. The maximum Gasteiger partial charge on any atom is 0.249 e. The number of amides is 1. The van der Waals surface area contributed by atoms with Crippen molar-refractivity contribution >= 4 is 5.91 Å². The van der Waals surface area contributed by atoms with E-state index in [4.69, 9.17) is 0 Å². The molecule has 0 saturated carbocycles. The monoisotopic (exact) mass is 906 g/mol. The molecule has 0 aliphatic heterocycles. The van der Waals surface area contributed by atoms with E-state index in [2.05, 4.69) is 31.3 Å². The van der Waals surface area contributed by atoms with E-state index >= 15 is 0 Å². The number of hydrogen-bond acceptors (Lipinski definition) is 5. The van der Waals surface area contributed by atoms with Crippen LogP contribution < -0.4 is 5.32 Å². The molecule has 0 aromatic heterocycles. The summed E-state index contributed by atoms with van der Waals surface area (Å²) in [5.74, 6) is -0.587. The third-order valence-electron chi connectivity index (χ3n) is 14.0. The van der Waals surface area contributed by atoms with E-state index in [0.717, 1.165) is 38.5 Å². The molecular weight excluding hydrogens is 791 g/mol. The van der Waals surface area contributed by atoms with E-state index in [1.807, 2.05) is 0 Å². The number of unbranched alkanes of at least 4 members (excludes halogenated alkanes) is 43. The number of aliphatic hydroxyl groups excluding tert-OH is 4. The Labute approximate surface area is 400 Å². The quantitative estimate of drug-likeness (QED) is 0.0308. The van der Waals surface area contributed by atoms with Gasteiger partial charge in [-0.2, -0.15) is 0 Å². The van der Waals surface area contributed by atoms with Crippen molar-refractivity contribution in [3.63, 3.8) is 0 Å².